The van der Waals surface area contributed by atoms with Gasteiger partial charge in [-0.25, -0.2) is 0 Å². The second-order valence-corrected chi connectivity index (χ2v) is 7.26. The number of morpholine rings is 1. The van der Waals surface area contributed by atoms with Crippen LogP contribution in [0.25, 0.3) is 0 Å². The minimum Gasteiger partial charge on any atom is -0.494 e. The van der Waals surface area contributed by atoms with Gasteiger partial charge in [0.15, 0.2) is 0 Å². The summed E-state index contributed by atoms with van der Waals surface area (Å²) in [5.41, 5.74) is 1.19. The first-order chi connectivity index (χ1) is 12.8. The second kappa shape index (κ2) is 9.71. The lowest BCUT2D eigenvalue weighted by Gasteiger charge is -2.35. The van der Waals surface area contributed by atoms with Crippen molar-refractivity contribution in [2.24, 2.45) is 0 Å². The summed E-state index contributed by atoms with van der Waals surface area (Å²) in [7, 11) is 0. The highest BCUT2D eigenvalue weighted by molar-refractivity contribution is 7.10. The van der Waals surface area contributed by atoms with Crippen molar-refractivity contribution in [3.8, 4) is 5.75 Å². The summed E-state index contributed by atoms with van der Waals surface area (Å²) in [6.07, 6.45) is 0.441. The summed E-state index contributed by atoms with van der Waals surface area (Å²) in [6.45, 7) is 6.45. The number of thiophene rings is 1. The normalized spacial score (nSPS) is 16.2. The van der Waals surface area contributed by atoms with Crippen LogP contribution in [-0.4, -0.2) is 50.3 Å². The molecule has 1 fully saturated rings. The topological polar surface area (TPSA) is 50.8 Å². The Labute approximate surface area is 158 Å². The Balaban J connectivity index is 1.65. The van der Waals surface area contributed by atoms with Crippen LogP contribution in [-0.2, 0) is 16.0 Å². The molecule has 0 bridgehead atoms. The lowest BCUT2D eigenvalue weighted by molar-refractivity contribution is -0.120. The van der Waals surface area contributed by atoms with Crippen molar-refractivity contribution in [1.29, 1.82) is 0 Å². The third-order valence-electron chi connectivity index (χ3n) is 4.47. The molecule has 0 radical (unpaired) electrons. The molecule has 1 aliphatic rings. The molecule has 2 aromatic rings. The van der Waals surface area contributed by atoms with Gasteiger partial charge in [-0.15, -0.1) is 11.3 Å². The molecular weight excluding hydrogens is 348 g/mol. The first-order valence-electron chi connectivity index (χ1n) is 9.10. The van der Waals surface area contributed by atoms with Crippen LogP contribution in [0.4, 0.5) is 0 Å². The van der Waals surface area contributed by atoms with E-state index >= 15 is 0 Å². The Morgan fingerprint density at radius 2 is 2.04 bits per heavy atom. The maximum atomic E-state index is 12.3. The molecular formula is C20H26N2O3S. The SMILES string of the molecule is CCOc1ccc(C(CNC(=O)Cc2cccs2)N2CCOCC2)cc1. The van der Waals surface area contributed by atoms with Crippen LogP contribution >= 0.6 is 11.3 Å². The third kappa shape index (κ3) is 5.30. The van der Waals surface area contributed by atoms with Crippen LogP contribution in [0.3, 0.4) is 0 Å². The van der Waals surface area contributed by atoms with E-state index in [0.717, 1.165) is 36.9 Å². The van der Waals surface area contributed by atoms with Crippen LogP contribution in [0.15, 0.2) is 41.8 Å². The van der Waals surface area contributed by atoms with Crippen molar-refractivity contribution in [3.63, 3.8) is 0 Å². The van der Waals surface area contributed by atoms with Gasteiger partial charge < -0.3 is 14.8 Å². The zero-order valence-electron chi connectivity index (χ0n) is 15.1. The van der Waals surface area contributed by atoms with Gasteiger partial charge >= 0.3 is 0 Å². The van der Waals surface area contributed by atoms with Gasteiger partial charge in [-0.3, -0.25) is 9.69 Å². The molecule has 2 heterocycles. The van der Waals surface area contributed by atoms with E-state index in [1.807, 2.05) is 36.6 Å². The molecule has 1 aliphatic heterocycles. The van der Waals surface area contributed by atoms with E-state index in [4.69, 9.17) is 9.47 Å². The van der Waals surface area contributed by atoms with Gasteiger partial charge in [-0.1, -0.05) is 18.2 Å². The van der Waals surface area contributed by atoms with Gasteiger partial charge in [0.25, 0.3) is 0 Å². The fourth-order valence-corrected chi connectivity index (χ4v) is 3.85. The molecule has 1 amide bonds. The van der Waals surface area contributed by atoms with Gasteiger partial charge in [-0.2, -0.15) is 0 Å². The summed E-state index contributed by atoms with van der Waals surface area (Å²) in [5, 5.41) is 5.11. The molecule has 1 unspecified atom stereocenters. The monoisotopic (exact) mass is 374 g/mol. The van der Waals surface area contributed by atoms with Gasteiger partial charge in [0, 0.05) is 24.5 Å². The van der Waals surface area contributed by atoms with Crippen molar-refractivity contribution in [1.82, 2.24) is 10.2 Å². The molecule has 1 aromatic heterocycles. The van der Waals surface area contributed by atoms with E-state index in [9.17, 15) is 4.79 Å². The van der Waals surface area contributed by atoms with Crippen molar-refractivity contribution in [2.75, 3.05) is 39.5 Å². The first-order valence-corrected chi connectivity index (χ1v) is 9.98. The molecule has 0 spiro atoms. The number of rotatable bonds is 8. The first kappa shape index (κ1) is 18.9. The zero-order valence-corrected chi connectivity index (χ0v) is 16.0. The van der Waals surface area contributed by atoms with Gasteiger partial charge in [-0.05, 0) is 36.1 Å². The molecule has 0 aliphatic carbocycles. The maximum Gasteiger partial charge on any atom is 0.225 e. The Morgan fingerprint density at radius 1 is 1.27 bits per heavy atom. The summed E-state index contributed by atoms with van der Waals surface area (Å²) in [5.74, 6) is 0.940. The summed E-state index contributed by atoms with van der Waals surface area (Å²) < 4.78 is 11.0. The molecule has 1 aromatic carbocycles. The third-order valence-corrected chi connectivity index (χ3v) is 5.35. The van der Waals surface area contributed by atoms with Crippen molar-refractivity contribution in [3.05, 3.63) is 52.2 Å². The van der Waals surface area contributed by atoms with E-state index in [1.54, 1.807) is 11.3 Å². The molecule has 1 saturated heterocycles. The minimum absolute atomic E-state index is 0.0663. The van der Waals surface area contributed by atoms with Crippen molar-refractivity contribution >= 4 is 17.2 Å². The van der Waals surface area contributed by atoms with Crippen molar-refractivity contribution in [2.45, 2.75) is 19.4 Å². The van der Waals surface area contributed by atoms with E-state index < -0.39 is 0 Å². The van der Waals surface area contributed by atoms with Gasteiger partial charge in [0.2, 0.25) is 5.91 Å². The quantitative estimate of drug-likeness (QED) is 0.772. The molecule has 1 N–H and O–H groups in total. The van der Waals surface area contributed by atoms with E-state index in [2.05, 4.69) is 22.3 Å². The zero-order chi connectivity index (χ0) is 18.2. The predicted octanol–water partition coefficient (Wildman–Crippen LogP) is 2.88. The fraction of sp³-hybridized carbons (Fsp3) is 0.450. The maximum absolute atomic E-state index is 12.3. The van der Waals surface area contributed by atoms with E-state index in [1.165, 1.54) is 5.56 Å². The largest absolute Gasteiger partial charge is 0.494 e. The molecule has 5 nitrogen and oxygen atoms in total. The van der Waals surface area contributed by atoms with Crippen LogP contribution in [0, 0.1) is 0 Å². The highest BCUT2D eigenvalue weighted by Crippen LogP contribution is 2.24. The number of benzene rings is 1. The lowest BCUT2D eigenvalue weighted by Crippen LogP contribution is -2.44. The summed E-state index contributed by atoms with van der Waals surface area (Å²) >= 11 is 1.61. The van der Waals surface area contributed by atoms with Crippen LogP contribution < -0.4 is 10.1 Å². The van der Waals surface area contributed by atoms with E-state index in [0.29, 0.717) is 19.6 Å². The second-order valence-electron chi connectivity index (χ2n) is 6.23. The van der Waals surface area contributed by atoms with Gasteiger partial charge in [0.05, 0.1) is 32.3 Å². The minimum atomic E-state index is 0.0663. The fourth-order valence-electron chi connectivity index (χ4n) is 3.14. The number of carbonyl (C=O) groups excluding carboxylic acids is 1. The molecule has 1 atom stereocenters. The summed E-state index contributed by atoms with van der Waals surface area (Å²) in [6, 6.07) is 12.3. The van der Waals surface area contributed by atoms with Crippen LogP contribution in [0.1, 0.15) is 23.4 Å². The predicted molar refractivity (Wildman–Crippen MR) is 104 cm³/mol. The van der Waals surface area contributed by atoms with E-state index in [-0.39, 0.29) is 11.9 Å². The summed E-state index contributed by atoms with van der Waals surface area (Å²) in [4.78, 5) is 15.8. The Bertz CT molecular complexity index is 667. The van der Waals surface area contributed by atoms with Crippen LogP contribution in [0.5, 0.6) is 5.75 Å². The standard InChI is InChI=1S/C20H26N2O3S/c1-2-25-17-7-5-16(6-8-17)19(22-9-11-24-12-10-22)15-21-20(23)14-18-4-3-13-26-18/h3-8,13,19H,2,9-12,14-15H2,1H3,(H,21,23). The smallest absolute Gasteiger partial charge is 0.225 e. The number of ether oxygens (including phenoxy) is 2. The molecule has 26 heavy (non-hydrogen) atoms. The Kier molecular flexibility index (Phi) is 7.05. The number of hydrogen-bond acceptors (Lipinski definition) is 5. The van der Waals surface area contributed by atoms with Gasteiger partial charge in [0.1, 0.15) is 5.75 Å². The Morgan fingerprint density at radius 3 is 2.69 bits per heavy atom. The highest BCUT2D eigenvalue weighted by atomic mass is 32.1. The average Bonchev–Trinajstić information content (AvgIpc) is 3.17. The number of nitrogens with zero attached hydrogens (tertiary/aromatic N) is 1. The highest BCUT2D eigenvalue weighted by Gasteiger charge is 2.23. The van der Waals surface area contributed by atoms with Crippen LogP contribution in [0.2, 0.25) is 0 Å². The molecule has 6 heteroatoms. The lowest BCUT2D eigenvalue weighted by atomic mass is 10.0. The number of amides is 1. The molecule has 3 rings (SSSR count). The molecule has 0 saturated carbocycles. The number of nitrogens with one attached hydrogen (secondary N) is 1. The van der Waals surface area contributed by atoms with Crippen molar-refractivity contribution < 1.29 is 14.3 Å². The average molecular weight is 375 g/mol. The number of carbonyl (C=O) groups is 1. The Hall–Kier alpha value is -1.89. The molecule has 140 valence electrons. The number of hydrogen-bond donors (Lipinski definition) is 1.